The first-order valence-corrected chi connectivity index (χ1v) is 9.05. The Hall–Kier alpha value is -0.450. The lowest BCUT2D eigenvalue weighted by Crippen LogP contribution is -2.23. The van der Waals surface area contributed by atoms with Crippen molar-refractivity contribution in [2.75, 3.05) is 19.6 Å². The highest BCUT2D eigenvalue weighted by Crippen LogP contribution is 2.22. The second-order valence-electron chi connectivity index (χ2n) is 5.70. The molecule has 0 unspecified atom stereocenters. The quantitative estimate of drug-likeness (QED) is 0.833. The zero-order chi connectivity index (χ0) is 14.2. The molecule has 0 aliphatic carbocycles. The standard InChI is InChI=1S/C16H29N3S/c1-3-9-14-15(12-17-4-2)20-16(18-14)13-19-10-7-5-6-8-11-19/h17H,3-13H2,1-2H3. The number of hydrogen-bond acceptors (Lipinski definition) is 4. The van der Waals surface area contributed by atoms with Crippen LogP contribution in [0.25, 0.3) is 0 Å². The molecule has 3 nitrogen and oxygen atoms in total. The number of aryl methyl sites for hydroxylation is 1. The molecule has 0 atom stereocenters. The van der Waals surface area contributed by atoms with Crippen LogP contribution in [0.1, 0.15) is 61.5 Å². The first-order chi connectivity index (χ1) is 9.83. The van der Waals surface area contributed by atoms with E-state index in [0.717, 1.165) is 26.1 Å². The maximum absolute atomic E-state index is 4.91. The summed E-state index contributed by atoms with van der Waals surface area (Å²) in [5.41, 5.74) is 1.34. The topological polar surface area (TPSA) is 28.2 Å². The van der Waals surface area contributed by atoms with Crippen LogP contribution in [0.3, 0.4) is 0 Å². The van der Waals surface area contributed by atoms with Gasteiger partial charge in [-0.3, -0.25) is 4.90 Å². The molecule has 2 heterocycles. The molecule has 114 valence electrons. The first kappa shape index (κ1) is 15.9. The smallest absolute Gasteiger partial charge is 0.107 e. The largest absolute Gasteiger partial charge is 0.312 e. The number of hydrogen-bond donors (Lipinski definition) is 1. The third kappa shape index (κ3) is 4.83. The zero-order valence-corrected chi connectivity index (χ0v) is 13.9. The maximum Gasteiger partial charge on any atom is 0.107 e. The van der Waals surface area contributed by atoms with E-state index in [4.69, 9.17) is 4.98 Å². The van der Waals surface area contributed by atoms with Crippen LogP contribution in [-0.2, 0) is 19.5 Å². The molecule has 0 spiro atoms. The summed E-state index contributed by atoms with van der Waals surface area (Å²) in [7, 11) is 0. The Kier molecular flexibility index (Phi) is 6.97. The molecule has 0 radical (unpaired) electrons. The first-order valence-electron chi connectivity index (χ1n) is 8.24. The highest BCUT2D eigenvalue weighted by Gasteiger charge is 2.14. The van der Waals surface area contributed by atoms with Crippen molar-refractivity contribution >= 4 is 11.3 Å². The van der Waals surface area contributed by atoms with E-state index in [0.29, 0.717) is 0 Å². The van der Waals surface area contributed by atoms with Crippen molar-refractivity contribution in [2.45, 2.75) is 65.5 Å². The Morgan fingerprint density at radius 2 is 1.90 bits per heavy atom. The van der Waals surface area contributed by atoms with Gasteiger partial charge >= 0.3 is 0 Å². The van der Waals surface area contributed by atoms with Gasteiger partial charge in [0.1, 0.15) is 5.01 Å². The van der Waals surface area contributed by atoms with Crippen LogP contribution < -0.4 is 5.32 Å². The predicted molar refractivity (Wildman–Crippen MR) is 87.2 cm³/mol. The highest BCUT2D eigenvalue weighted by molar-refractivity contribution is 7.11. The van der Waals surface area contributed by atoms with Gasteiger partial charge in [-0.1, -0.05) is 33.1 Å². The van der Waals surface area contributed by atoms with Gasteiger partial charge in [0.15, 0.2) is 0 Å². The molecule has 0 saturated carbocycles. The Bertz CT molecular complexity index is 381. The van der Waals surface area contributed by atoms with E-state index >= 15 is 0 Å². The van der Waals surface area contributed by atoms with Gasteiger partial charge in [-0.2, -0.15) is 0 Å². The molecule has 1 aromatic rings. The van der Waals surface area contributed by atoms with Crippen molar-refractivity contribution in [3.05, 3.63) is 15.6 Å². The van der Waals surface area contributed by atoms with Gasteiger partial charge in [0.05, 0.1) is 12.2 Å². The third-order valence-corrected chi connectivity index (χ3v) is 4.98. The number of likely N-dealkylation sites (tertiary alicyclic amines) is 1. The van der Waals surface area contributed by atoms with E-state index in [1.165, 1.54) is 60.8 Å². The molecule has 1 aromatic heterocycles. The third-order valence-electron chi connectivity index (χ3n) is 3.90. The SMILES string of the molecule is CCCc1nc(CN2CCCCCC2)sc1CNCC. The molecule has 2 rings (SSSR count). The van der Waals surface area contributed by atoms with Crippen molar-refractivity contribution in [2.24, 2.45) is 0 Å². The molecule has 0 amide bonds. The van der Waals surface area contributed by atoms with Crippen LogP contribution in [0.5, 0.6) is 0 Å². The zero-order valence-electron chi connectivity index (χ0n) is 13.1. The van der Waals surface area contributed by atoms with Crippen molar-refractivity contribution in [3.8, 4) is 0 Å². The van der Waals surface area contributed by atoms with Crippen molar-refractivity contribution < 1.29 is 0 Å². The van der Waals surface area contributed by atoms with E-state index < -0.39 is 0 Å². The summed E-state index contributed by atoms with van der Waals surface area (Å²) in [6, 6.07) is 0. The summed E-state index contributed by atoms with van der Waals surface area (Å²) in [6.07, 6.45) is 7.83. The van der Waals surface area contributed by atoms with Crippen LogP contribution in [-0.4, -0.2) is 29.5 Å². The molecule has 20 heavy (non-hydrogen) atoms. The number of nitrogens with zero attached hydrogens (tertiary/aromatic N) is 2. The second kappa shape index (κ2) is 8.75. The summed E-state index contributed by atoms with van der Waals surface area (Å²) in [5, 5.41) is 4.77. The van der Waals surface area contributed by atoms with Gasteiger partial charge in [0, 0.05) is 11.4 Å². The molecule has 1 saturated heterocycles. The second-order valence-corrected chi connectivity index (χ2v) is 6.87. The fraction of sp³-hybridized carbons (Fsp3) is 0.812. The molecule has 1 aliphatic rings. The van der Waals surface area contributed by atoms with Crippen molar-refractivity contribution in [1.29, 1.82) is 0 Å². The van der Waals surface area contributed by atoms with Crippen LogP contribution in [0, 0.1) is 0 Å². The lowest BCUT2D eigenvalue weighted by molar-refractivity contribution is 0.276. The fourth-order valence-corrected chi connectivity index (χ4v) is 3.93. The highest BCUT2D eigenvalue weighted by atomic mass is 32.1. The molecule has 0 bridgehead atoms. The van der Waals surface area contributed by atoms with Crippen molar-refractivity contribution in [3.63, 3.8) is 0 Å². The molecule has 0 aromatic carbocycles. The van der Waals surface area contributed by atoms with E-state index in [-0.39, 0.29) is 0 Å². The van der Waals surface area contributed by atoms with Gasteiger partial charge in [0.25, 0.3) is 0 Å². The number of aromatic nitrogens is 1. The van der Waals surface area contributed by atoms with Crippen LogP contribution >= 0.6 is 11.3 Å². The minimum Gasteiger partial charge on any atom is -0.312 e. The summed E-state index contributed by atoms with van der Waals surface area (Å²) in [4.78, 5) is 8.97. The Labute approximate surface area is 127 Å². The van der Waals surface area contributed by atoms with Crippen molar-refractivity contribution in [1.82, 2.24) is 15.2 Å². The number of thiazole rings is 1. The molecule has 1 aliphatic heterocycles. The number of nitrogens with one attached hydrogen (secondary N) is 1. The predicted octanol–water partition coefficient (Wildman–Crippen LogP) is 3.58. The van der Waals surface area contributed by atoms with Crippen LogP contribution in [0.15, 0.2) is 0 Å². The summed E-state index contributed by atoms with van der Waals surface area (Å²) < 4.78 is 0. The van der Waals surface area contributed by atoms with E-state index in [2.05, 4.69) is 24.1 Å². The van der Waals surface area contributed by atoms with E-state index in [1.54, 1.807) is 0 Å². The fourth-order valence-electron chi connectivity index (χ4n) is 2.80. The average molecular weight is 295 g/mol. The molecular weight excluding hydrogens is 266 g/mol. The average Bonchev–Trinajstić information content (AvgIpc) is 2.64. The van der Waals surface area contributed by atoms with Crippen LogP contribution in [0.4, 0.5) is 0 Å². The van der Waals surface area contributed by atoms with Gasteiger partial charge in [-0.05, 0) is 38.9 Å². The normalized spacial score (nSPS) is 17.3. The van der Waals surface area contributed by atoms with Gasteiger partial charge < -0.3 is 5.32 Å². The Morgan fingerprint density at radius 1 is 1.15 bits per heavy atom. The minimum absolute atomic E-state index is 0.990. The summed E-state index contributed by atoms with van der Waals surface area (Å²) >= 11 is 1.92. The lowest BCUT2D eigenvalue weighted by Gasteiger charge is -2.17. The summed E-state index contributed by atoms with van der Waals surface area (Å²) in [6.45, 7) is 10.0. The van der Waals surface area contributed by atoms with E-state index in [1.807, 2.05) is 11.3 Å². The number of rotatable bonds is 7. The van der Waals surface area contributed by atoms with E-state index in [9.17, 15) is 0 Å². The minimum atomic E-state index is 0.990. The van der Waals surface area contributed by atoms with Gasteiger partial charge in [-0.15, -0.1) is 11.3 Å². The summed E-state index contributed by atoms with van der Waals surface area (Å²) in [5.74, 6) is 0. The molecule has 1 fully saturated rings. The molecular formula is C16H29N3S. The maximum atomic E-state index is 4.91. The lowest BCUT2D eigenvalue weighted by atomic mass is 10.2. The van der Waals surface area contributed by atoms with Gasteiger partial charge in [-0.25, -0.2) is 4.98 Å². The monoisotopic (exact) mass is 295 g/mol. The van der Waals surface area contributed by atoms with Gasteiger partial charge in [0.2, 0.25) is 0 Å². The van der Waals surface area contributed by atoms with Crippen LogP contribution in [0.2, 0.25) is 0 Å². The molecule has 4 heteroatoms. The molecule has 1 N–H and O–H groups in total. The Balaban J connectivity index is 1.98. The Morgan fingerprint density at radius 3 is 2.55 bits per heavy atom.